The number of ether oxygens (including phenoxy) is 1. The summed E-state index contributed by atoms with van der Waals surface area (Å²) in [6, 6.07) is 9.24. The molecule has 1 aromatic heterocycles. The third-order valence-corrected chi connectivity index (χ3v) is 5.08. The monoisotopic (exact) mass is 341 g/mol. The number of carbonyl (C=O) groups excluding carboxylic acids is 2. The zero-order valence-corrected chi connectivity index (χ0v) is 13.7. The Hall–Kier alpha value is -2.70. The third-order valence-electron chi connectivity index (χ3n) is 5.08. The van der Waals surface area contributed by atoms with Crippen LogP contribution in [0.3, 0.4) is 0 Å². The van der Waals surface area contributed by atoms with Crippen molar-refractivity contribution in [2.45, 2.75) is 25.7 Å². The molecule has 0 aliphatic heterocycles. The molecule has 0 saturated heterocycles. The van der Waals surface area contributed by atoms with E-state index in [0.717, 1.165) is 24.8 Å². The topological polar surface area (TPSA) is 94.3 Å². The smallest absolute Gasteiger partial charge is 0.322 e. The summed E-state index contributed by atoms with van der Waals surface area (Å²) in [4.78, 5) is 24.0. The fourth-order valence-electron chi connectivity index (χ4n) is 3.90. The number of esters is 1. The largest absolute Gasteiger partial charge is 0.455 e. The first-order valence-electron chi connectivity index (χ1n) is 8.54. The van der Waals surface area contributed by atoms with Crippen molar-refractivity contribution in [3.63, 3.8) is 0 Å². The van der Waals surface area contributed by atoms with E-state index in [1.54, 1.807) is 0 Å². The molecule has 4 rings (SSSR count). The van der Waals surface area contributed by atoms with Crippen LogP contribution in [0.15, 0.2) is 34.7 Å². The molecule has 0 radical (unpaired) electrons. The lowest BCUT2D eigenvalue weighted by Crippen LogP contribution is -2.27. The van der Waals surface area contributed by atoms with Crippen molar-refractivity contribution in [3.05, 3.63) is 30.3 Å². The van der Waals surface area contributed by atoms with E-state index < -0.39 is 5.91 Å². The number of hydrogen-bond donors (Lipinski definition) is 1. The van der Waals surface area contributed by atoms with Gasteiger partial charge in [-0.15, -0.1) is 5.10 Å². The number of nitrogens with one attached hydrogen (secondary N) is 1. The van der Waals surface area contributed by atoms with Crippen LogP contribution in [-0.4, -0.2) is 28.7 Å². The minimum atomic E-state index is -0.486. The molecule has 7 heteroatoms. The van der Waals surface area contributed by atoms with Crippen LogP contribution in [0.1, 0.15) is 25.7 Å². The van der Waals surface area contributed by atoms with Gasteiger partial charge in [0.05, 0.1) is 5.92 Å². The first-order valence-corrected chi connectivity index (χ1v) is 8.54. The Labute approximate surface area is 144 Å². The molecule has 2 fully saturated rings. The molecule has 1 heterocycles. The molecule has 3 unspecified atom stereocenters. The highest BCUT2D eigenvalue weighted by atomic mass is 16.5. The fraction of sp³-hybridized carbons (Fsp3) is 0.444. The molecule has 25 heavy (non-hydrogen) atoms. The molecule has 2 aliphatic carbocycles. The van der Waals surface area contributed by atoms with Crippen LogP contribution in [0, 0.1) is 17.8 Å². The van der Waals surface area contributed by atoms with Gasteiger partial charge in [-0.2, -0.15) is 0 Å². The normalized spacial score (nSPS) is 24.2. The summed E-state index contributed by atoms with van der Waals surface area (Å²) in [6.45, 7) is -0.338. The van der Waals surface area contributed by atoms with Crippen LogP contribution in [0.2, 0.25) is 0 Å². The van der Waals surface area contributed by atoms with E-state index in [-0.39, 0.29) is 24.5 Å². The Bertz CT molecular complexity index is 774. The zero-order chi connectivity index (χ0) is 17.2. The SMILES string of the molecule is O=C(COC(=O)C1CC2CCC1C2)Nc1nnc(-c2ccccc2)o1. The third kappa shape index (κ3) is 3.40. The predicted octanol–water partition coefficient (Wildman–Crippen LogP) is 2.65. The fourth-order valence-corrected chi connectivity index (χ4v) is 3.90. The minimum Gasteiger partial charge on any atom is -0.455 e. The van der Waals surface area contributed by atoms with Crippen molar-refractivity contribution >= 4 is 17.9 Å². The van der Waals surface area contributed by atoms with E-state index in [0.29, 0.717) is 17.7 Å². The van der Waals surface area contributed by atoms with Crippen LogP contribution >= 0.6 is 0 Å². The van der Waals surface area contributed by atoms with Crippen LogP contribution in [0.25, 0.3) is 11.5 Å². The molecule has 2 bridgehead atoms. The van der Waals surface area contributed by atoms with Crippen LogP contribution in [-0.2, 0) is 14.3 Å². The second-order valence-electron chi connectivity index (χ2n) is 6.72. The molecule has 130 valence electrons. The van der Waals surface area contributed by atoms with Crippen molar-refractivity contribution < 1.29 is 18.7 Å². The molecular formula is C18H19N3O4. The number of benzene rings is 1. The molecule has 3 atom stereocenters. The van der Waals surface area contributed by atoms with Gasteiger partial charge in [-0.05, 0) is 43.2 Å². The maximum Gasteiger partial charge on any atom is 0.322 e. The number of nitrogens with zero attached hydrogens (tertiary/aromatic N) is 2. The molecule has 7 nitrogen and oxygen atoms in total. The van der Waals surface area contributed by atoms with Gasteiger partial charge in [0.2, 0.25) is 5.89 Å². The van der Waals surface area contributed by atoms with Crippen molar-refractivity contribution in [1.29, 1.82) is 0 Å². The van der Waals surface area contributed by atoms with Crippen molar-refractivity contribution in [2.24, 2.45) is 17.8 Å². The highest BCUT2D eigenvalue weighted by Gasteiger charge is 2.44. The zero-order valence-electron chi connectivity index (χ0n) is 13.7. The summed E-state index contributed by atoms with van der Waals surface area (Å²) in [5, 5.41) is 10.1. The van der Waals surface area contributed by atoms with Gasteiger partial charge in [0, 0.05) is 5.56 Å². The average molecular weight is 341 g/mol. The number of anilines is 1. The second kappa shape index (κ2) is 6.66. The Morgan fingerprint density at radius 2 is 2.00 bits per heavy atom. The van der Waals surface area contributed by atoms with Crippen molar-refractivity contribution in [1.82, 2.24) is 10.2 Å². The van der Waals surface area contributed by atoms with Gasteiger partial charge < -0.3 is 9.15 Å². The maximum absolute atomic E-state index is 12.1. The van der Waals surface area contributed by atoms with Gasteiger partial charge in [-0.3, -0.25) is 14.9 Å². The Morgan fingerprint density at radius 1 is 1.16 bits per heavy atom. The van der Waals surface area contributed by atoms with Gasteiger partial charge >= 0.3 is 12.0 Å². The lowest BCUT2D eigenvalue weighted by atomic mass is 9.89. The Kier molecular flexibility index (Phi) is 4.21. The predicted molar refractivity (Wildman–Crippen MR) is 88.3 cm³/mol. The Morgan fingerprint density at radius 3 is 2.72 bits per heavy atom. The lowest BCUT2D eigenvalue weighted by Gasteiger charge is -2.19. The van der Waals surface area contributed by atoms with E-state index in [1.165, 1.54) is 6.42 Å². The highest BCUT2D eigenvalue weighted by molar-refractivity contribution is 5.91. The summed E-state index contributed by atoms with van der Waals surface area (Å²) in [7, 11) is 0. The van der Waals surface area contributed by atoms with Gasteiger partial charge in [-0.25, -0.2) is 0 Å². The van der Waals surface area contributed by atoms with E-state index in [4.69, 9.17) is 9.15 Å². The van der Waals surface area contributed by atoms with Gasteiger partial charge in [0.1, 0.15) is 0 Å². The Balaban J connectivity index is 1.28. The van der Waals surface area contributed by atoms with Gasteiger partial charge in [-0.1, -0.05) is 29.7 Å². The molecule has 2 saturated carbocycles. The van der Waals surface area contributed by atoms with E-state index in [9.17, 15) is 9.59 Å². The molecule has 2 aliphatic rings. The average Bonchev–Trinajstić information content (AvgIpc) is 3.37. The quantitative estimate of drug-likeness (QED) is 0.840. The summed E-state index contributed by atoms with van der Waals surface area (Å²) < 4.78 is 10.6. The van der Waals surface area contributed by atoms with Gasteiger partial charge in [0.25, 0.3) is 5.91 Å². The number of amides is 1. The molecular weight excluding hydrogens is 322 g/mol. The number of hydrogen-bond acceptors (Lipinski definition) is 6. The maximum atomic E-state index is 12.1. The van der Waals surface area contributed by atoms with Gasteiger partial charge in [0.15, 0.2) is 6.61 Å². The van der Waals surface area contributed by atoms with Crippen molar-refractivity contribution in [2.75, 3.05) is 11.9 Å². The molecule has 1 N–H and O–H groups in total. The van der Waals surface area contributed by atoms with Crippen molar-refractivity contribution in [3.8, 4) is 11.5 Å². The van der Waals surface area contributed by atoms with E-state index >= 15 is 0 Å². The first-order chi connectivity index (χ1) is 12.2. The standard InChI is InChI=1S/C18H19N3O4/c22-15(10-24-17(23)14-9-11-6-7-13(14)8-11)19-18-21-20-16(25-18)12-4-2-1-3-5-12/h1-5,11,13-14H,6-10H2,(H,19,21,22). The number of fused-ring (bicyclic) bond motifs is 2. The summed E-state index contributed by atoms with van der Waals surface area (Å²) in [5.74, 6) is 0.614. The second-order valence-corrected chi connectivity index (χ2v) is 6.72. The highest BCUT2D eigenvalue weighted by Crippen LogP contribution is 2.48. The molecule has 1 amide bonds. The minimum absolute atomic E-state index is 0.0141. The van der Waals surface area contributed by atoms with E-state index in [1.807, 2.05) is 30.3 Å². The number of aromatic nitrogens is 2. The molecule has 0 spiro atoms. The lowest BCUT2D eigenvalue weighted by molar-refractivity contribution is -0.153. The van der Waals surface area contributed by atoms with Crippen LogP contribution in [0.4, 0.5) is 6.01 Å². The van der Waals surface area contributed by atoms with E-state index in [2.05, 4.69) is 15.5 Å². The number of carbonyl (C=O) groups is 2. The summed E-state index contributed by atoms with van der Waals surface area (Å²) >= 11 is 0. The summed E-state index contributed by atoms with van der Waals surface area (Å²) in [6.07, 6.45) is 4.34. The molecule has 1 aromatic carbocycles. The number of rotatable bonds is 5. The van der Waals surface area contributed by atoms with Crippen LogP contribution in [0.5, 0.6) is 0 Å². The summed E-state index contributed by atoms with van der Waals surface area (Å²) in [5.41, 5.74) is 0.762. The first kappa shape index (κ1) is 15.8. The molecule has 2 aromatic rings. The van der Waals surface area contributed by atoms with Crippen LogP contribution < -0.4 is 5.32 Å².